The minimum Gasteiger partial charge on any atom is -0.508 e. The van der Waals surface area contributed by atoms with Gasteiger partial charge in [0.05, 0.1) is 5.69 Å². The molecule has 128 valence electrons. The number of phenols is 1. The first-order chi connectivity index (χ1) is 11.2. The van der Waals surface area contributed by atoms with Crippen LogP contribution in [0.1, 0.15) is 16.8 Å². The van der Waals surface area contributed by atoms with Gasteiger partial charge in [-0.2, -0.15) is 0 Å². The summed E-state index contributed by atoms with van der Waals surface area (Å²) in [5.41, 5.74) is 1.43. The lowest BCUT2D eigenvalue weighted by Gasteiger charge is -2.27. The second kappa shape index (κ2) is 6.19. The summed E-state index contributed by atoms with van der Waals surface area (Å²) in [6.07, 6.45) is 1.49. The summed E-state index contributed by atoms with van der Waals surface area (Å²) in [5.74, 6) is 0.0961. The quantitative estimate of drug-likeness (QED) is 0.785. The Labute approximate surface area is 143 Å². The van der Waals surface area contributed by atoms with Crippen LogP contribution in [0, 0.1) is 0 Å². The maximum atomic E-state index is 12.1. The van der Waals surface area contributed by atoms with Gasteiger partial charge in [-0.25, -0.2) is 13.4 Å². The predicted molar refractivity (Wildman–Crippen MR) is 88.9 cm³/mol. The van der Waals surface area contributed by atoms with E-state index in [1.165, 1.54) is 6.07 Å². The Hall–Kier alpha value is -1.90. The van der Waals surface area contributed by atoms with E-state index >= 15 is 0 Å². The van der Waals surface area contributed by atoms with E-state index in [1.807, 2.05) is 4.90 Å². The van der Waals surface area contributed by atoms with Crippen LogP contribution < -0.4 is 5.56 Å². The van der Waals surface area contributed by atoms with Crippen LogP contribution in [0.25, 0.3) is 0 Å². The zero-order chi connectivity index (χ0) is 17.5. The highest BCUT2D eigenvalue weighted by Gasteiger charge is 2.23. The maximum absolute atomic E-state index is 12.1. The smallest absolute Gasteiger partial charge is 0.255 e. The van der Waals surface area contributed by atoms with Gasteiger partial charge < -0.3 is 5.11 Å². The Morgan fingerprint density at radius 1 is 1.42 bits per heavy atom. The standard InChI is InChI=1S/C15H16ClN3O4S/c1-24(22,23)15-17-13-8-19(5-4-11(13)14(21)18-15)7-9-2-3-10(20)6-12(9)16/h2-3,6,20H,4-5,7-8H2,1H3,(H,17,18,21). The number of hydrogen-bond donors (Lipinski definition) is 2. The number of benzene rings is 1. The molecular weight excluding hydrogens is 354 g/mol. The number of halogens is 1. The highest BCUT2D eigenvalue weighted by atomic mass is 35.5. The topological polar surface area (TPSA) is 103 Å². The summed E-state index contributed by atoms with van der Waals surface area (Å²) in [4.78, 5) is 20.5. The Bertz CT molecular complexity index is 956. The fourth-order valence-corrected chi connectivity index (χ4v) is 3.48. The minimum atomic E-state index is -3.58. The molecule has 1 aromatic carbocycles. The van der Waals surface area contributed by atoms with Crippen molar-refractivity contribution in [3.05, 3.63) is 50.4 Å². The van der Waals surface area contributed by atoms with Crippen LogP contribution in [-0.4, -0.2) is 41.2 Å². The average Bonchev–Trinajstić information content (AvgIpc) is 2.49. The molecule has 0 spiro atoms. The van der Waals surface area contributed by atoms with Gasteiger partial charge in [-0.05, 0) is 24.1 Å². The van der Waals surface area contributed by atoms with Gasteiger partial charge in [0.1, 0.15) is 5.75 Å². The third kappa shape index (κ3) is 3.45. The monoisotopic (exact) mass is 369 g/mol. The highest BCUT2D eigenvalue weighted by Crippen LogP contribution is 2.24. The van der Waals surface area contributed by atoms with E-state index in [0.717, 1.165) is 11.8 Å². The van der Waals surface area contributed by atoms with Crippen molar-refractivity contribution in [3.63, 3.8) is 0 Å². The van der Waals surface area contributed by atoms with E-state index in [2.05, 4.69) is 9.97 Å². The lowest BCUT2D eigenvalue weighted by atomic mass is 10.1. The Kier molecular flexibility index (Phi) is 4.37. The van der Waals surface area contributed by atoms with Crippen LogP contribution in [0.4, 0.5) is 0 Å². The van der Waals surface area contributed by atoms with Crippen molar-refractivity contribution in [2.75, 3.05) is 12.8 Å². The molecule has 0 amide bonds. The first-order valence-electron chi connectivity index (χ1n) is 7.26. The number of sulfone groups is 1. The summed E-state index contributed by atoms with van der Waals surface area (Å²) in [6, 6.07) is 4.77. The van der Waals surface area contributed by atoms with Gasteiger partial charge in [-0.1, -0.05) is 17.7 Å². The molecule has 1 aliphatic heterocycles. The number of aromatic amines is 1. The van der Waals surface area contributed by atoms with E-state index in [4.69, 9.17) is 11.6 Å². The maximum Gasteiger partial charge on any atom is 0.255 e. The molecule has 1 aliphatic rings. The average molecular weight is 370 g/mol. The molecule has 2 heterocycles. The summed E-state index contributed by atoms with van der Waals surface area (Å²) in [5, 5.41) is 9.55. The van der Waals surface area contributed by atoms with Gasteiger partial charge in [0, 0.05) is 36.5 Å². The zero-order valence-electron chi connectivity index (χ0n) is 12.9. The molecule has 0 atom stereocenters. The molecule has 24 heavy (non-hydrogen) atoms. The van der Waals surface area contributed by atoms with Crippen molar-refractivity contribution >= 4 is 21.4 Å². The number of H-pyrrole nitrogens is 1. The van der Waals surface area contributed by atoms with Crippen molar-refractivity contribution < 1.29 is 13.5 Å². The number of nitrogens with zero attached hydrogens (tertiary/aromatic N) is 2. The Morgan fingerprint density at radius 2 is 2.17 bits per heavy atom. The van der Waals surface area contributed by atoms with Gasteiger partial charge in [-0.3, -0.25) is 14.7 Å². The first kappa shape index (κ1) is 16.9. The molecule has 0 bridgehead atoms. The lowest BCUT2D eigenvalue weighted by molar-refractivity contribution is 0.239. The Morgan fingerprint density at radius 3 is 2.83 bits per heavy atom. The van der Waals surface area contributed by atoms with Crippen molar-refractivity contribution in [1.29, 1.82) is 0 Å². The molecule has 7 nitrogen and oxygen atoms in total. The van der Waals surface area contributed by atoms with E-state index < -0.39 is 15.4 Å². The molecule has 9 heteroatoms. The highest BCUT2D eigenvalue weighted by molar-refractivity contribution is 7.90. The molecule has 0 aliphatic carbocycles. The van der Waals surface area contributed by atoms with E-state index in [9.17, 15) is 18.3 Å². The summed E-state index contributed by atoms with van der Waals surface area (Å²) < 4.78 is 23.3. The van der Waals surface area contributed by atoms with Crippen LogP contribution in [-0.2, 0) is 29.3 Å². The molecular formula is C15H16ClN3O4S. The van der Waals surface area contributed by atoms with Gasteiger partial charge in [0.15, 0.2) is 0 Å². The van der Waals surface area contributed by atoms with Crippen molar-refractivity contribution in [2.24, 2.45) is 0 Å². The first-order valence-corrected chi connectivity index (χ1v) is 9.53. The Balaban J connectivity index is 1.88. The third-order valence-electron chi connectivity index (χ3n) is 3.91. The van der Waals surface area contributed by atoms with E-state index in [1.54, 1.807) is 12.1 Å². The van der Waals surface area contributed by atoms with Crippen LogP contribution in [0.3, 0.4) is 0 Å². The zero-order valence-corrected chi connectivity index (χ0v) is 14.5. The molecule has 2 N–H and O–H groups in total. The number of aromatic hydroxyl groups is 1. The summed E-state index contributed by atoms with van der Waals surface area (Å²) >= 11 is 6.12. The van der Waals surface area contributed by atoms with Gasteiger partial charge in [0.2, 0.25) is 15.0 Å². The summed E-state index contributed by atoms with van der Waals surface area (Å²) in [7, 11) is -3.58. The SMILES string of the molecule is CS(=O)(=O)c1nc2c(c(=O)[nH]1)CCN(Cc1ccc(O)cc1Cl)C2. The van der Waals surface area contributed by atoms with Crippen LogP contribution >= 0.6 is 11.6 Å². The fraction of sp³-hybridized carbons (Fsp3) is 0.333. The number of aromatic nitrogens is 2. The van der Waals surface area contributed by atoms with Crippen molar-refractivity contribution in [2.45, 2.75) is 24.7 Å². The van der Waals surface area contributed by atoms with Gasteiger partial charge in [0.25, 0.3) is 5.56 Å². The fourth-order valence-electron chi connectivity index (χ4n) is 2.69. The van der Waals surface area contributed by atoms with Crippen molar-refractivity contribution in [1.82, 2.24) is 14.9 Å². The van der Waals surface area contributed by atoms with Crippen LogP contribution in [0.5, 0.6) is 5.75 Å². The minimum absolute atomic E-state index is 0.0961. The molecule has 0 fully saturated rings. The van der Waals surface area contributed by atoms with Crippen molar-refractivity contribution in [3.8, 4) is 5.75 Å². The normalized spacial score (nSPS) is 15.2. The number of phenolic OH excluding ortho intramolecular Hbond substituents is 1. The lowest BCUT2D eigenvalue weighted by Crippen LogP contribution is -2.35. The third-order valence-corrected chi connectivity index (χ3v) is 5.16. The molecule has 3 rings (SSSR count). The molecule has 0 radical (unpaired) electrons. The second-order valence-corrected chi connectivity index (χ2v) is 8.14. The second-order valence-electron chi connectivity index (χ2n) is 5.80. The number of hydrogen-bond acceptors (Lipinski definition) is 6. The van der Waals surface area contributed by atoms with Crippen LogP contribution in [0.15, 0.2) is 28.2 Å². The molecule has 0 saturated carbocycles. The largest absolute Gasteiger partial charge is 0.508 e. The predicted octanol–water partition coefficient (Wildman–Crippen LogP) is 1.09. The summed E-state index contributed by atoms with van der Waals surface area (Å²) in [6.45, 7) is 1.51. The van der Waals surface area contributed by atoms with Gasteiger partial charge >= 0.3 is 0 Å². The van der Waals surface area contributed by atoms with E-state index in [-0.39, 0.29) is 10.9 Å². The molecule has 2 aromatic rings. The van der Waals surface area contributed by atoms with Gasteiger partial charge in [-0.15, -0.1) is 0 Å². The number of rotatable bonds is 3. The van der Waals surface area contributed by atoms with Crippen LogP contribution in [0.2, 0.25) is 5.02 Å². The molecule has 1 aromatic heterocycles. The molecule has 0 saturated heterocycles. The number of nitrogens with one attached hydrogen (secondary N) is 1. The molecule has 0 unspecified atom stereocenters. The van der Waals surface area contributed by atoms with E-state index in [0.29, 0.717) is 42.3 Å². The number of fused-ring (bicyclic) bond motifs is 1.